The highest BCUT2D eigenvalue weighted by molar-refractivity contribution is 8.14. The lowest BCUT2D eigenvalue weighted by Crippen LogP contribution is -2.53. The van der Waals surface area contributed by atoms with Gasteiger partial charge in [-0.3, -0.25) is 9.79 Å². The average molecular weight is 256 g/mol. The van der Waals surface area contributed by atoms with Crippen LogP contribution in [0.3, 0.4) is 0 Å². The molecule has 1 saturated heterocycles. The molecule has 2 unspecified atom stereocenters. The fourth-order valence-corrected chi connectivity index (χ4v) is 3.03. The summed E-state index contributed by atoms with van der Waals surface area (Å²) in [6.07, 6.45) is 0. The molecule has 6 heteroatoms. The molecule has 0 aromatic heterocycles. The third-order valence-electron chi connectivity index (χ3n) is 3.04. The summed E-state index contributed by atoms with van der Waals surface area (Å²) < 4.78 is 0. The van der Waals surface area contributed by atoms with Crippen LogP contribution in [0.4, 0.5) is 0 Å². The quantitative estimate of drug-likeness (QED) is 0.715. The second-order valence-electron chi connectivity index (χ2n) is 4.65. The Hall–Kier alpha value is -0.750. The van der Waals surface area contributed by atoms with Crippen LogP contribution in [-0.2, 0) is 4.79 Å². The number of rotatable bonds is 1. The standard InChI is InChI=1S/C11H20N4OS/c1-8-7-13-11(17-8)15-5-3-14(4-6-15)10(16)9(2)12/h8-9H,3-7,12H2,1-2H3. The number of hydrogen-bond acceptors (Lipinski definition) is 5. The Bertz CT molecular complexity index is 323. The molecular formula is C11H20N4OS. The van der Waals surface area contributed by atoms with E-state index in [0.29, 0.717) is 5.25 Å². The predicted molar refractivity (Wildman–Crippen MR) is 71.2 cm³/mol. The van der Waals surface area contributed by atoms with Crippen molar-refractivity contribution in [1.82, 2.24) is 9.80 Å². The first-order valence-electron chi connectivity index (χ1n) is 6.08. The molecule has 96 valence electrons. The summed E-state index contributed by atoms with van der Waals surface area (Å²) in [5, 5.41) is 1.74. The molecule has 0 bridgehead atoms. The molecule has 1 amide bonds. The zero-order valence-corrected chi connectivity index (χ0v) is 11.2. The van der Waals surface area contributed by atoms with E-state index in [9.17, 15) is 4.79 Å². The first-order chi connectivity index (χ1) is 8.08. The van der Waals surface area contributed by atoms with E-state index < -0.39 is 0 Å². The summed E-state index contributed by atoms with van der Waals surface area (Å²) in [6, 6.07) is -0.389. The number of hydrogen-bond donors (Lipinski definition) is 1. The van der Waals surface area contributed by atoms with Gasteiger partial charge in [-0.05, 0) is 6.92 Å². The van der Waals surface area contributed by atoms with E-state index in [1.807, 2.05) is 16.7 Å². The van der Waals surface area contributed by atoms with Crippen LogP contribution in [0.1, 0.15) is 13.8 Å². The number of carbonyl (C=O) groups is 1. The van der Waals surface area contributed by atoms with Gasteiger partial charge in [-0.2, -0.15) is 0 Å². The minimum atomic E-state index is -0.389. The van der Waals surface area contributed by atoms with Crippen LogP contribution in [0, 0.1) is 0 Å². The Morgan fingerprint density at radius 3 is 2.59 bits per heavy atom. The summed E-state index contributed by atoms with van der Waals surface area (Å²) >= 11 is 1.84. The van der Waals surface area contributed by atoms with Crippen molar-refractivity contribution in [3.8, 4) is 0 Å². The van der Waals surface area contributed by atoms with E-state index in [4.69, 9.17) is 5.73 Å². The molecule has 0 aromatic carbocycles. The van der Waals surface area contributed by atoms with Gasteiger partial charge in [-0.1, -0.05) is 18.7 Å². The molecule has 2 rings (SSSR count). The number of aliphatic imine (C=N–C) groups is 1. The van der Waals surface area contributed by atoms with E-state index in [2.05, 4.69) is 16.8 Å². The minimum absolute atomic E-state index is 0.0547. The van der Waals surface area contributed by atoms with Crippen LogP contribution < -0.4 is 5.73 Å². The summed E-state index contributed by atoms with van der Waals surface area (Å²) in [6.45, 7) is 8.11. The Labute approximate surface area is 106 Å². The number of piperazine rings is 1. The maximum atomic E-state index is 11.7. The number of thioether (sulfide) groups is 1. The Morgan fingerprint density at radius 2 is 2.12 bits per heavy atom. The summed E-state index contributed by atoms with van der Waals surface area (Å²) in [7, 11) is 0. The number of amidine groups is 1. The molecule has 2 N–H and O–H groups in total. The number of nitrogens with zero attached hydrogens (tertiary/aromatic N) is 3. The molecule has 2 aliphatic rings. The number of carbonyl (C=O) groups excluding carboxylic acids is 1. The van der Waals surface area contributed by atoms with Crippen molar-refractivity contribution in [3.63, 3.8) is 0 Å². The number of amides is 1. The van der Waals surface area contributed by atoms with E-state index in [0.717, 1.165) is 37.9 Å². The van der Waals surface area contributed by atoms with Crippen molar-refractivity contribution in [1.29, 1.82) is 0 Å². The zero-order chi connectivity index (χ0) is 12.4. The van der Waals surface area contributed by atoms with Gasteiger partial charge < -0.3 is 15.5 Å². The zero-order valence-electron chi connectivity index (χ0n) is 10.4. The highest BCUT2D eigenvalue weighted by atomic mass is 32.2. The lowest BCUT2D eigenvalue weighted by atomic mass is 10.2. The van der Waals surface area contributed by atoms with Gasteiger partial charge in [-0.25, -0.2) is 0 Å². The molecule has 5 nitrogen and oxygen atoms in total. The number of nitrogens with two attached hydrogens (primary N) is 1. The highest BCUT2D eigenvalue weighted by Gasteiger charge is 2.27. The third kappa shape index (κ3) is 2.93. The van der Waals surface area contributed by atoms with Crippen LogP contribution in [0.2, 0.25) is 0 Å². The molecule has 0 spiro atoms. The second kappa shape index (κ2) is 5.27. The van der Waals surface area contributed by atoms with Gasteiger partial charge in [0.2, 0.25) is 5.91 Å². The van der Waals surface area contributed by atoms with Gasteiger partial charge in [0.1, 0.15) is 0 Å². The normalized spacial score (nSPS) is 27.0. The third-order valence-corrected chi connectivity index (χ3v) is 4.19. The SMILES string of the molecule is CC1CN=C(N2CCN(C(=O)C(C)N)CC2)S1. The van der Waals surface area contributed by atoms with Gasteiger partial charge in [0.05, 0.1) is 12.6 Å². The highest BCUT2D eigenvalue weighted by Crippen LogP contribution is 2.23. The Balaban J connectivity index is 1.84. The molecule has 1 fully saturated rings. The van der Waals surface area contributed by atoms with Crippen LogP contribution in [0.15, 0.2) is 4.99 Å². The van der Waals surface area contributed by atoms with Gasteiger partial charge in [0.25, 0.3) is 0 Å². The molecular weight excluding hydrogens is 236 g/mol. The van der Waals surface area contributed by atoms with Crippen LogP contribution in [-0.4, -0.2) is 64.9 Å². The van der Waals surface area contributed by atoms with Gasteiger partial charge in [-0.15, -0.1) is 0 Å². The van der Waals surface area contributed by atoms with E-state index in [-0.39, 0.29) is 11.9 Å². The van der Waals surface area contributed by atoms with Crippen molar-refractivity contribution < 1.29 is 4.79 Å². The monoisotopic (exact) mass is 256 g/mol. The lowest BCUT2D eigenvalue weighted by molar-refractivity contribution is -0.133. The van der Waals surface area contributed by atoms with E-state index in [1.54, 1.807) is 6.92 Å². The van der Waals surface area contributed by atoms with Crippen molar-refractivity contribution >= 4 is 22.8 Å². The van der Waals surface area contributed by atoms with Crippen molar-refractivity contribution in [3.05, 3.63) is 0 Å². The molecule has 2 atom stereocenters. The maximum absolute atomic E-state index is 11.7. The van der Waals surface area contributed by atoms with E-state index in [1.165, 1.54) is 0 Å². The average Bonchev–Trinajstić information content (AvgIpc) is 2.75. The topological polar surface area (TPSA) is 61.9 Å². The predicted octanol–water partition coefficient (Wildman–Crippen LogP) is -0.0309. The van der Waals surface area contributed by atoms with Gasteiger partial charge >= 0.3 is 0 Å². The largest absolute Gasteiger partial charge is 0.348 e. The van der Waals surface area contributed by atoms with Crippen molar-refractivity contribution in [2.24, 2.45) is 10.7 Å². The summed E-state index contributed by atoms with van der Waals surface area (Å²) in [5.41, 5.74) is 5.61. The summed E-state index contributed by atoms with van der Waals surface area (Å²) in [5.74, 6) is 0.0547. The molecule has 2 aliphatic heterocycles. The van der Waals surface area contributed by atoms with Crippen LogP contribution in [0.25, 0.3) is 0 Å². The van der Waals surface area contributed by atoms with Crippen LogP contribution >= 0.6 is 11.8 Å². The van der Waals surface area contributed by atoms with Gasteiger partial charge in [0, 0.05) is 31.4 Å². The lowest BCUT2D eigenvalue weighted by Gasteiger charge is -2.36. The first kappa shape index (κ1) is 12.7. The molecule has 0 aromatic rings. The van der Waals surface area contributed by atoms with Crippen molar-refractivity contribution in [2.75, 3.05) is 32.7 Å². The fourth-order valence-electron chi connectivity index (χ4n) is 2.04. The fraction of sp³-hybridized carbons (Fsp3) is 0.818. The molecule has 17 heavy (non-hydrogen) atoms. The Kier molecular flexibility index (Phi) is 3.93. The molecule has 0 radical (unpaired) electrons. The second-order valence-corrected chi connectivity index (χ2v) is 6.06. The van der Waals surface area contributed by atoms with Gasteiger partial charge in [0.15, 0.2) is 5.17 Å². The smallest absolute Gasteiger partial charge is 0.239 e. The minimum Gasteiger partial charge on any atom is -0.348 e. The Morgan fingerprint density at radius 1 is 1.47 bits per heavy atom. The molecule has 0 saturated carbocycles. The van der Waals surface area contributed by atoms with Crippen LogP contribution in [0.5, 0.6) is 0 Å². The van der Waals surface area contributed by atoms with Crippen molar-refractivity contribution in [2.45, 2.75) is 25.1 Å². The van der Waals surface area contributed by atoms with E-state index >= 15 is 0 Å². The molecule has 2 heterocycles. The maximum Gasteiger partial charge on any atom is 0.239 e. The first-order valence-corrected chi connectivity index (χ1v) is 6.96. The molecule has 0 aliphatic carbocycles. The summed E-state index contributed by atoms with van der Waals surface area (Å²) in [4.78, 5) is 20.4.